The monoisotopic (exact) mass is 384 g/mol. The van der Waals surface area contributed by atoms with E-state index in [4.69, 9.17) is 0 Å². The Kier molecular flexibility index (Phi) is 6.22. The first kappa shape index (κ1) is 20.3. The van der Waals surface area contributed by atoms with Gasteiger partial charge in [-0.05, 0) is 64.0 Å². The van der Waals surface area contributed by atoms with Crippen LogP contribution in [0.5, 0.6) is 0 Å². The van der Waals surface area contributed by atoms with Crippen LogP contribution in [-0.2, 0) is 10.0 Å². The summed E-state index contributed by atoms with van der Waals surface area (Å²) in [6.45, 7) is 9.03. The Labute approximate surface area is 155 Å². The molecule has 7 heteroatoms. The summed E-state index contributed by atoms with van der Waals surface area (Å²) < 4.78 is 27.8. The molecule has 1 N–H and O–H groups in total. The van der Waals surface area contributed by atoms with Crippen LogP contribution in [0, 0.1) is 5.92 Å². The fraction of sp³-hybridized carbons (Fsp3) is 0.611. The van der Waals surface area contributed by atoms with E-state index in [1.165, 1.54) is 17.8 Å². The minimum atomic E-state index is -3.67. The van der Waals surface area contributed by atoms with E-state index in [2.05, 4.69) is 11.6 Å². The number of carbonyl (C=O) groups is 1. The molecule has 0 radical (unpaired) electrons. The number of nitrogens with one attached hydrogen (secondary N) is 1. The van der Waals surface area contributed by atoms with E-state index in [1.54, 1.807) is 32.9 Å². The summed E-state index contributed by atoms with van der Waals surface area (Å²) >= 11 is 1.46. The minimum Gasteiger partial charge on any atom is -0.339 e. The standard InChI is InChI=1S/C18H28N2O3S2/c1-13-8-10-20(11-9-13)17(21)15-12-14(6-7-16(15)24-5)25(22,23)19-18(2,3)4/h6-7,12-13,19H,8-11H2,1-5H3. The molecule has 1 amide bonds. The number of thioether (sulfide) groups is 1. The van der Waals surface area contributed by atoms with Crippen LogP contribution in [0.15, 0.2) is 28.0 Å². The van der Waals surface area contributed by atoms with Crippen molar-refractivity contribution < 1.29 is 13.2 Å². The Morgan fingerprint density at radius 3 is 2.36 bits per heavy atom. The highest BCUT2D eigenvalue weighted by Gasteiger charge is 2.27. The van der Waals surface area contributed by atoms with Crippen LogP contribution < -0.4 is 4.72 Å². The van der Waals surface area contributed by atoms with Gasteiger partial charge in [-0.2, -0.15) is 0 Å². The Bertz CT molecular complexity index is 731. The number of hydrogen-bond donors (Lipinski definition) is 1. The van der Waals surface area contributed by atoms with Gasteiger partial charge in [0.05, 0.1) is 10.5 Å². The fourth-order valence-electron chi connectivity index (χ4n) is 2.87. The van der Waals surface area contributed by atoms with Gasteiger partial charge in [0, 0.05) is 23.5 Å². The van der Waals surface area contributed by atoms with Crippen LogP contribution in [-0.4, -0.2) is 44.1 Å². The largest absolute Gasteiger partial charge is 0.339 e. The zero-order chi connectivity index (χ0) is 18.8. The van der Waals surface area contributed by atoms with E-state index in [-0.39, 0.29) is 10.8 Å². The first-order chi connectivity index (χ1) is 11.5. The summed E-state index contributed by atoms with van der Waals surface area (Å²) in [5, 5.41) is 0. The number of rotatable bonds is 4. The molecule has 2 rings (SSSR count). The predicted octanol–water partition coefficient (Wildman–Crippen LogP) is 3.36. The highest BCUT2D eigenvalue weighted by molar-refractivity contribution is 7.98. The summed E-state index contributed by atoms with van der Waals surface area (Å²) in [6.07, 6.45) is 3.87. The molecular formula is C18H28N2O3S2. The Morgan fingerprint density at radius 2 is 1.84 bits per heavy atom. The van der Waals surface area contributed by atoms with Crippen LogP contribution in [0.3, 0.4) is 0 Å². The highest BCUT2D eigenvalue weighted by Crippen LogP contribution is 2.27. The zero-order valence-corrected chi connectivity index (χ0v) is 17.3. The maximum absolute atomic E-state index is 12.9. The van der Waals surface area contributed by atoms with Gasteiger partial charge in [0.15, 0.2) is 0 Å². The van der Waals surface area contributed by atoms with E-state index in [9.17, 15) is 13.2 Å². The third-order valence-corrected chi connectivity index (χ3v) is 6.77. The number of benzene rings is 1. The van der Waals surface area contributed by atoms with Crippen molar-refractivity contribution in [3.63, 3.8) is 0 Å². The molecule has 0 aromatic heterocycles. The zero-order valence-electron chi connectivity index (χ0n) is 15.6. The van der Waals surface area contributed by atoms with Crippen molar-refractivity contribution in [1.29, 1.82) is 0 Å². The maximum atomic E-state index is 12.9. The molecule has 1 aromatic carbocycles. The second-order valence-electron chi connectivity index (χ2n) is 7.69. The topological polar surface area (TPSA) is 66.5 Å². The van der Waals surface area contributed by atoms with Gasteiger partial charge in [-0.3, -0.25) is 4.79 Å². The molecule has 140 valence electrons. The molecule has 25 heavy (non-hydrogen) atoms. The first-order valence-electron chi connectivity index (χ1n) is 8.55. The second kappa shape index (κ2) is 7.68. The van der Waals surface area contributed by atoms with E-state index in [0.29, 0.717) is 11.5 Å². The molecule has 1 heterocycles. The smallest absolute Gasteiger partial charge is 0.255 e. The van der Waals surface area contributed by atoms with Gasteiger partial charge in [-0.1, -0.05) is 6.92 Å². The number of nitrogens with zero attached hydrogens (tertiary/aromatic N) is 1. The number of likely N-dealkylation sites (tertiary alicyclic amines) is 1. The van der Waals surface area contributed by atoms with E-state index in [1.807, 2.05) is 11.2 Å². The van der Waals surface area contributed by atoms with E-state index >= 15 is 0 Å². The molecule has 1 aliphatic heterocycles. The molecule has 1 saturated heterocycles. The van der Waals surface area contributed by atoms with Crippen LogP contribution in [0.4, 0.5) is 0 Å². The molecule has 0 spiro atoms. The van der Waals surface area contributed by atoms with Crippen molar-refractivity contribution in [3.8, 4) is 0 Å². The molecule has 1 fully saturated rings. The second-order valence-corrected chi connectivity index (χ2v) is 10.2. The summed E-state index contributed by atoms with van der Waals surface area (Å²) in [5.74, 6) is 0.552. The number of hydrogen-bond acceptors (Lipinski definition) is 4. The van der Waals surface area contributed by atoms with Gasteiger partial charge < -0.3 is 4.90 Å². The Hall–Kier alpha value is -1.05. The van der Waals surface area contributed by atoms with Gasteiger partial charge in [0.25, 0.3) is 5.91 Å². The Morgan fingerprint density at radius 1 is 1.24 bits per heavy atom. The van der Waals surface area contributed by atoms with Gasteiger partial charge in [-0.15, -0.1) is 11.8 Å². The maximum Gasteiger partial charge on any atom is 0.255 e. The van der Waals surface area contributed by atoms with Crippen LogP contribution >= 0.6 is 11.8 Å². The van der Waals surface area contributed by atoms with E-state index < -0.39 is 15.6 Å². The molecular weight excluding hydrogens is 356 g/mol. The third-order valence-electron chi connectivity index (χ3n) is 4.22. The third kappa shape index (κ3) is 5.21. The normalized spacial score (nSPS) is 16.9. The van der Waals surface area contributed by atoms with Crippen molar-refractivity contribution >= 4 is 27.7 Å². The number of amides is 1. The lowest BCUT2D eigenvalue weighted by molar-refractivity contribution is 0.0693. The number of piperidine rings is 1. The lowest BCUT2D eigenvalue weighted by Crippen LogP contribution is -2.41. The SMILES string of the molecule is CSc1ccc(S(=O)(=O)NC(C)(C)C)cc1C(=O)N1CCC(C)CC1. The summed E-state index contributed by atoms with van der Waals surface area (Å²) in [7, 11) is -3.67. The Balaban J connectivity index is 2.36. The molecule has 0 bridgehead atoms. The van der Waals surface area contributed by atoms with Crippen molar-refractivity contribution in [1.82, 2.24) is 9.62 Å². The predicted molar refractivity (Wildman–Crippen MR) is 103 cm³/mol. The highest BCUT2D eigenvalue weighted by atomic mass is 32.2. The molecule has 1 aromatic rings. The van der Waals surface area contributed by atoms with Gasteiger partial charge >= 0.3 is 0 Å². The molecule has 0 atom stereocenters. The van der Waals surface area contributed by atoms with Gasteiger partial charge in [0.1, 0.15) is 0 Å². The molecule has 5 nitrogen and oxygen atoms in total. The van der Waals surface area contributed by atoms with Gasteiger partial charge in [0.2, 0.25) is 10.0 Å². The van der Waals surface area contributed by atoms with Crippen molar-refractivity contribution in [2.24, 2.45) is 5.92 Å². The lowest BCUT2D eigenvalue weighted by Gasteiger charge is -2.31. The minimum absolute atomic E-state index is 0.0796. The van der Waals surface area contributed by atoms with Crippen LogP contribution in [0.25, 0.3) is 0 Å². The van der Waals surface area contributed by atoms with Crippen molar-refractivity contribution in [2.45, 2.75) is 55.9 Å². The number of sulfonamides is 1. The van der Waals surface area contributed by atoms with Crippen molar-refractivity contribution in [2.75, 3.05) is 19.3 Å². The summed E-state index contributed by atoms with van der Waals surface area (Å²) in [4.78, 5) is 15.7. The first-order valence-corrected chi connectivity index (χ1v) is 11.3. The molecule has 0 unspecified atom stereocenters. The van der Waals surface area contributed by atoms with Gasteiger partial charge in [-0.25, -0.2) is 13.1 Å². The lowest BCUT2D eigenvalue weighted by atomic mass is 9.98. The van der Waals surface area contributed by atoms with Crippen LogP contribution in [0.1, 0.15) is 50.9 Å². The quantitative estimate of drug-likeness (QED) is 0.809. The van der Waals surface area contributed by atoms with E-state index in [0.717, 1.165) is 30.8 Å². The fourth-order valence-corrected chi connectivity index (χ4v) is 4.88. The summed E-state index contributed by atoms with van der Waals surface area (Å²) in [6, 6.07) is 4.80. The summed E-state index contributed by atoms with van der Waals surface area (Å²) in [5.41, 5.74) is -0.108. The average molecular weight is 385 g/mol. The van der Waals surface area contributed by atoms with Crippen LogP contribution in [0.2, 0.25) is 0 Å². The molecule has 1 aliphatic rings. The number of carbonyl (C=O) groups excluding carboxylic acids is 1. The molecule has 0 aliphatic carbocycles. The van der Waals surface area contributed by atoms with Crippen molar-refractivity contribution in [3.05, 3.63) is 23.8 Å². The average Bonchev–Trinajstić information content (AvgIpc) is 2.52. The molecule has 0 saturated carbocycles.